The zero-order chi connectivity index (χ0) is 9.36. The van der Waals surface area contributed by atoms with E-state index >= 15 is 0 Å². The van der Waals surface area contributed by atoms with Gasteiger partial charge in [-0.25, -0.2) is 0 Å². The Balaban J connectivity index is 2.07. The van der Waals surface area contributed by atoms with E-state index in [0.29, 0.717) is 0 Å². The van der Waals surface area contributed by atoms with Crippen LogP contribution in [0.5, 0.6) is 5.75 Å². The first-order chi connectivity index (χ1) is 6.43. The van der Waals surface area contributed by atoms with Gasteiger partial charge in [0.15, 0.2) is 0 Å². The Morgan fingerprint density at radius 1 is 1.23 bits per heavy atom. The fourth-order valence-corrected chi connectivity index (χ4v) is 0.997. The smallest absolute Gasteiger partial charge is 0.127 e. The Hall–Kier alpha value is -1.02. The topological polar surface area (TPSA) is 18.5 Å². The summed E-state index contributed by atoms with van der Waals surface area (Å²) in [5.74, 6) is 0.819. The normalized spacial score (nSPS) is 9.92. The van der Waals surface area contributed by atoms with Crippen LogP contribution < -0.4 is 4.74 Å². The molecule has 0 saturated heterocycles. The van der Waals surface area contributed by atoms with E-state index in [2.05, 4.69) is 6.07 Å². The van der Waals surface area contributed by atoms with E-state index in [-0.39, 0.29) is 0 Å². The van der Waals surface area contributed by atoms with Crippen molar-refractivity contribution in [1.82, 2.24) is 0 Å². The zero-order valence-corrected chi connectivity index (χ0v) is 7.95. The molecule has 1 rings (SSSR count). The Kier molecular flexibility index (Phi) is 5.02. The fraction of sp³-hybridized carbons (Fsp3) is 0.455. The first-order valence-electron chi connectivity index (χ1n) is 4.52. The Bertz CT molecular complexity index is 209. The molecule has 0 spiro atoms. The van der Waals surface area contributed by atoms with Crippen molar-refractivity contribution in [2.24, 2.45) is 0 Å². The molecule has 0 aliphatic carbocycles. The summed E-state index contributed by atoms with van der Waals surface area (Å²) >= 11 is 0. The maximum absolute atomic E-state index is 5.44. The number of hydrogen-bond acceptors (Lipinski definition) is 2. The van der Waals surface area contributed by atoms with Gasteiger partial charge < -0.3 is 9.47 Å². The highest BCUT2D eigenvalue weighted by molar-refractivity contribution is 5.19. The standard InChI is InChI=1S/C11H15O2/c1-12-9-5-6-10-13-11-7-3-2-4-8-11/h2-4,7H,5-6,9-10H2,1H3. The fourth-order valence-electron chi connectivity index (χ4n) is 0.997. The molecule has 2 heteroatoms. The van der Waals surface area contributed by atoms with E-state index in [0.717, 1.165) is 31.8 Å². The van der Waals surface area contributed by atoms with Crippen LogP contribution in [0.4, 0.5) is 0 Å². The molecule has 2 nitrogen and oxygen atoms in total. The van der Waals surface area contributed by atoms with Crippen LogP contribution in [0.25, 0.3) is 0 Å². The molecule has 0 heterocycles. The summed E-state index contributed by atoms with van der Waals surface area (Å²) < 4.78 is 10.4. The largest absolute Gasteiger partial charge is 0.493 e. The van der Waals surface area contributed by atoms with Crippen molar-refractivity contribution in [2.75, 3.05) is 20.3 Å². The molecule has 0 fully saturated rings. The van der Waals surface area contributed by atoms with Gasteiger partial charge in [0.2, 0.25) is 0 Å². The third kappa shape index (κ3) is 4.53. The number of benzene rings is 1. The molecule has 1 radical (unpaired) electrons. The third-order valence-corrected chi connectivity index (χ3v) is 1.68. The minimum absolute atomic E-state index is 0.740. The van der Waals surface area contributed by atoms with E-state index in [9.17, 15) is 0 Å². The maximum atomic E-state index is 5.44. The van der Waals surface area contributed by atoms with Gasteiger partial charge in [-0.2, -0.15) is 0 Å². The molecule has 0 amide bonds. The monoisotopic (exact) mass is 179 g/mol. The number of rotatable bonds is 6. The quantitative estimate of drug-likeness (QED) is 0.624. The molecule has 0 saturated carbocycles. The first kappa shape index (κ1) is 10.1. The average Bonchev–Trinajstić information content (AvgIpc) is 2.19. The van der Waals surface area contributed by atoms with Crippen LogP contribution in [0, 0.1) is 6.07 Å². The van der Waals surface area contributed by atoms with Crippen molar-refractivity contribution in [3.05, 3.63) is 30.3 Å². The summed E-state index contributed by atoms with van der Waals surface area (Å²) in [6, 6.07) is 10.6. The van der Waals surface area contributed by atoms with Crippen LogP contribution in [0.1, 0.15) is 12.8 Å². The second-order valence-corrected chi connectivity index (χ2v) is 2.78. The molecular formula is C11H15O2. The minimum atomic E-state index is 0.740. The molecule has 71 valence electrons. The van der Waals surface area contributed by atoms with E-state index in [1.54, 1.807) is 7.11 Å². The Labute approximate surface area is 79.5 Å². The van der Waals surface area contributed by atoms with Gasteiger partial charge >= 0.3 is 0 Å². The van der Waals surface area contributed by atoms with E-state index in [4.69, 9.17) is 9.47 Å². The highest BCUT2D eigenvalue weighted by atomic mass is 16.5. The molecule has 0 atom stereocenters. The molecule has 0 aliphatic heterocycles. The summed E-state index contributed by atoms with van der Waals surface area (Å²) in [5, 5.41) is 0. The highest BCUT2D eigenvalue weighted by Crippen LogP contribution is 2.07. The van der Waals surface area contributed by atoms with Gasteiger partial charge in [-0.15, -0.1) is 0 Å². The predicted molar refractivity (Wildman–Crippen MR) is 51.9 cm³/mol. The lowest BCUT2D eigenvalue weighted by Gasteiger charge is -2.04. The van der Waals surface area contributed by atoms with Crippen molar-refractivity contribution in [2.45, 2.75) is 12.8 Å². The molecule has 0 bridgehead atoms. The summed E-state index contributed by atoms with van der Waals surface area (Å²) in [6.07, 6.45) is 2.07. The summed E-state index contributed by atoms with van der Waals surface area (Å²) in [7, 11) is 1.71. The van der Waals surface area contributed by atoms with Crippen molar-refractivity contribution >= 4 is 0 Å². The van der Waals surface area contributed by atoms with Crippen molar-refractivity contribution in [1.29, 1.82) is 0 Å². The van der Waals surface area contributed by atoms with Crippen LogP contribution in [0.3, 0.4) is 0 Å². The highest BCUT2D eigenvalue weighted by Gasteiger charge is 1.91. The van der Waals surface area contributed by atoms with Gasteiger partial charge in [-0.05, 0) is 18.9 Å². The van der Waals surface area contributed by atoms with Crippen molar-refractivity contribution < 1.29 is 9.47 Å². The molecular weight excluding hydrogens is 164 g/mol. The van der Waals surface area contributed by atoms with Gasteiger partial charge in [0.25, 0.3) is 0 Å². The number of para-hydroxylation sites is 1. The van der Waals surface area contributed by atoms with Gasteiger partial charge in [0.05, 0.1) is 6.61 Å². The summed E-state index contributed by atoms with van der Waals surface area (Å²) in [4.78, 5) is 0. The lowest BCUT2D eigenvalue weighted by molar-refractivity contribution is 0.184. The lowest BCUT2D eigenvalue weighted by Crippen LogP contribution is -1.99. The van der Waals surface area contributed by atoms with Crippen LogP contribution >= 0.6 is 0 Å². The van der Waals surface area contributed by atoms with Crippen molar-refractivity contribution in [3.63, 3.8) is 0 Å². The van der Waals surface area contributed by atoms with E-state index in [1.807, 2.05) is 24.3 Å². The van der Waals surface area contributed by atoms with E-state index in [1.165, 1.54) is 0 Å². The zero-order valence-electron chi connectivity index (χ0n) is 7.95. The molecule has 0 N–H and O–H groups in total. The number of methoxy groups -OCH3 is 1. The predicted octanol–water partition coefficient (Wildman–Crippen LogP) is 2.29. The molecule has 1 aromatic rings. The molecule has 0 aliphatic rings. The number of hydrogen-bond donors (Lipinski definition) is 0. The molecule has 0 aromatic heterocycles. The Morgan fingerprint density at radius 2 is 2.08 bits per heavy atom. The maximum Gasteiger partial charge on any atom is 0.127 e. The number of unbranched alkanes of at least 4 members (excludes halogenated alkanes) is 1. The lowest BCUT2D eigenvalue weighted by atomic mass is 10.3. The van der Waals surface area contributed by atoms with Crippen LogP contribution in [-0.2, 0) is 4.74 Å². The molecule has 1 aromatic carbocycles. The number of ether oxygens (including phenoxy) is 2. The molecule has 0 unspecified atom stereocenters. The SMILES string of the molecule is COCCCCOc1[c]cccc1. The van der Waals surface area contributed by atoms with Crippen molar-refractivity contribution in [3.8, 4) is 5.75 Å². The van der Waals surface area contributed by atoms with E-state index < -0.39 is 0 Å². The van der Waals surface area contributed by atoms with Gasteiger partial charge in [0.1, 0.15) is 5.75 Å². The molecule has 13 heavy (non-hydrogen) atoms. The second-order valence-electron chi connectivity index (χ2n) is 2.78. The third-order valence-electron chi connectivity index (χ3n) is 1.68. The average molecular weight is 179 g/mol. The minimum Gasteiger partial charge on any atom is -0.493 e. The second kappa shape index (κ2) is 6.49. The Morgan fingerprint density at radius 3 is 2.77 bits per heavy atom. The van der Waals surface area contributed by atoms with Gasteiger partial charge in [0, 0.05) is 19.8 Å². The summed E-state index contributed by atoms with van der Waals surface area (Å²) in [6.45, 7) is 1.55. The van der Waals surface area contributed by atoms with Gasteiger partial charge in [-0.3, -0.25) is 0 Å². The summed E-state index contributed by atoms with van der Waals surface area (Å²) in [5.41, 5.74) is 0. The van der Waals surface area contributed by atoms with Crippen LogP contribution in [0.15, 0.2) is 24.3 Å². The van der Waals surface area contributed by atoms with Crippen LogP contribution in [-0.4, -0.2) is 20.3 Å². The first-order valence-corrected chi connectivity index (χ1v) is 4.52. The van der Waals surface area contributed by atoms with Crippen LogP contribution in [0.2, 0.25) is 0 Å². The van der Waals surface area contributed by atoms with Gasteiger partial charge in [-0.1, -0.05) is 18.2 Å².